The molecule has 5 N–H and O–H groups in total. The van der Waals surface area contributed by atoms with Gasteiger partial charge in [0.15, 0.2) is 0 Å². The van der Waals surface area contributed by atoms with Crippen LogP contribution in [0.15, 0.2) is 91.1 Å². The normalized spacial score (nSPS) is 13.6. The van der Waals surface area contributed by atoms with E-state index < -0.39 is 65.1 Å². The summed E-state index contributed by atoms with van der Waals surface area (Å²) in [4.78, 5) is 174. The average Bonchev–Trinajstić information content (AvgIpc) is 0.891. The average molecular weight is 1640 g/mol. The van der Waals surface area contributed by atoms with Crippen molar-refractivity contribution in [2.75, 3.05) is 33.0 Å². The van der Waals surface area contributed by atoms with E-state index in [0.717, 1.165) is 86.4 Å². The van der Waals surface area contributed by atoms with Gasteiger partial charge in [-0.3, -0.25) is 24.0 Å². The number of nitrogens with one attached hydrogen (secondary N) is 5. The number of ether oxygens (including phenoxy) is 10. The van der Waals surface area contributed by atoms with Crippen LogP contribution in [0.5, 0.6) is 0 Å². The monoisotopic (exact) mass is 1640 g/mol. The Balaban J connectivity index is -0.00000138. The molecular weight excluding hydrogens is 1500 g/mol. The topological polar surface area (TPSA) is 408 Å². The predicted molar refractivity (Wildman–Crippen MR) is 437 cm³/mol. The van der Waals surface area contributed by atoms with Gasteiger partial charge in [0.2, 0.25) is 23.6 Å². The van der Waals surface area contributed by atoms with E-state index >= 15 is 0 Å². The zero-order valence-corrected chi connectivity index (χ0v) is 73.5. The third-order valence-corrected chi connectivity index (χ3v) is 15.8. The minimum atomic E-state index is -0.666. The summed E-state index contributed by atoms with van der Waals surface area (Å²) in [6.07, 6.45) is 14.6. The fraction of sp³-hybridized carbons (Fsp3) is 0.640. The highest BCUT2D eigenvalue weighted by atomic mass is 16.6. The van der Waals surface area contributed by atoms with Gasteiger partial charge < -0.3 is 74.0 Å². The Bertz CT molecular complexity index is 3330. The van der Waals surface area contributed by atoms with Gasteiger partial charge in [-0.25, -0.2) is 47.9 Å². The van der Waals surface area contributed by atoms with Crippen LogP contribution in [0.25, 0.3) is 0 Å². The fourth-order valence-electron chi connectivity index (χ4n) is 8.69. The molecule has 5 atom stereocenters. The second-order valence-corrected chi connectivity index (χ2v) is 31.5. The molecule has 0 aliphatic heterocycles. The molecule has 1 aliphatic rings. The number of hydrogen-bond donors (Lipinski definition) is 5. The molecule has 30 nitrogen and oxygen atoms in total. The van der Waals surface area contributed by atoms with Gasteiger partial charge in [-0.2, -0.15) is 0 Å². The third kappa shape index (κ3) is 59.6. The summed E-state index contributed by atoms with van der Waals surface area (Å²) in [6, 6.07) is 7.41. The molecule has 0 radical (unpaired) electrons. The molecular formula is C86H137N5O25. The van der Waals surface area contributed by atoms with E-state index in [4.69, 9.17) is 47.4 Å². The lowest BCUT2D eigenvalue weighted by Crippen LogP contribution is -2.46. The van der Waals surface area contributed by atoms with Crippen LogP contribution < -0.4 is 26.6 Å². The molecule has 1 aliphatic carbocycles. The molecule has 116 heavy (non-hydrogen) atoms. The molecule has 2 rings (SSSR count). The zero-order chi connectivity index (χ0) is 89.5. The Labute approximate surface area is 688 Å². The Kier molecular flexibility index (Phi) is 58.3. The van der Waals surface area contributed by atoms with Crippen molar-refractivity contribution >= 4 is 89.2 Å². The first-order valence-electron chi connectivity index (χ1n) is 39.7. The molecule has 1 aromatic carbocycles. The van der Waals surface area contributed by atoms with E-state index in [1.807, 2.05) is 96.1 Å². The van der Waals surface area contributed by atoms with Gasteiger partial charge in [-0.1, -0.05) is 148 Å². The van der Waals surface area contributed by atoms with Crippen molar-refractivity contribution in [2.24, 2.45) is 46.8 Å². The maximum atomic E-state index is 12.3. The van der Waals surface area contributed by atoms with Gasteiger partial charge in [0, 0.05) is 90.0 Å². The summed E-state index contributed by atoms with van der Waals surface area (Å²) >= 11 is 0. The van der Waals surface area contributed by atoms with Crippen LogP contribution in [0.2, 0.25) is 0 Å². The molecule has 0 heterocycles. The van der Waals surface area contributed by atoms with Gasteiger partial charge in [0.05, 0.1) is 60.7 Å². The Morgan fingerprint density at radius 2 is 0.603 bits per heavy atom. The molecule has 1 saturated carbocycles. The van der Waals surface area contributed by atoms with Crippen LogP contribution in [0.3, 0.4) is 0 Å². The van der Waals surface area contributed by atoms with Gasteiger partial charge in [-0.05, 0) is 124 Å². The summed E-state index contributed by atoms with van der Waals surface area (Å²) in [5.74, 6) is -6.23. The van der Waals surface area contributed by atoms with Crippen LogP contribution >= 0.6 is 0 Å². The summed E-state index contributed by atoms with van der Waals surface area (Å²) in [5, 5.41) is 14.3. The van der Waals surface area contributed by atoms with Gasteiger partial charge >= 0.3 is 59.7 Å². The summed E-state index contributed by atoms with van der Waals surface area (Å²) in [5.41, 5.74) is 0.0216. The van der Waals surface area contributed by atoms with Crippen molar-refractivity contribution in [1.29, 1.82) is 0 Å². The minimum absolute atomic E-state index is 0.0125. The Morgan fingerprint density at radius 3 is 0.862 bits per heavy atom. The number of esters is 10. The van der Waals surface area contributed by atoms with Crippen LogP contribution in [-0.4, -0.2) is 183 Å². The summed E-state index contributed by atoms with van der Waals surface area (Å²) < 4.78 is 49.8. The first-order valence-corrected chi connectivity index (χ1v) is 39.7. The van der Waals surface area contributed by atoms with E-state index in [9.17, 15) is 71.9 Å². The fourth-order valence-corrected chi connectivity index (χ4v) is 8.69. The van der Waals surface area contributed by atoms with Crippen LogP contribution in [-0.2, 0) is 114 Å². The second kappa shape index (κ2) is 61.4. The minimum Gasteiger partial charge on any atom is -0.460 e. The SMILES string of the molecule is CC(C)OC(=O)/C=C/C(=O)OC[C@@H](NC(=O)C(C)(C)C)C(C)C.CC(C)OC(=O)/C=C/C(=O)OC[C@@H](NC(=O)C(C)C)C(C)C.CC(C)OC(=O)/C=C/C(=O)OC[C@@H](NC(=O)C1CCCCC1)C(C)C.CC(C)OC(=O)/C=C/C(=O)OC[C@@H](NC(=O)c1ccccc1)C(C)C.CCC(=O)N[C@H](COC(=O)/C=C/C(=O)OC(C)C)C(C)C. The first-order chi connectivity index (χ1) is 53.9. The number of amides is 5. The van der Waals surface area contributed by atoms with E-state index in [1.165, 1.54) is 6.42 Å². The van der Waals surface area contributed by atoms with Crippen molar-refractivity contribution < 1.29 is 119 Å². The molecule has 0 aromatic heterocycles. The standard InChI is InChI=1S/C19H31NO5.C19H25NO5.C17H29NO5.C16H27NO5.C15H25NO5/c2*1-13(2)16(20-19(23)15-8-6-5-7-9-15)12-24-17(21)10-11-18(22)25-14(3)4;1-11(2)13(18-16(21)17(5,6)7)10-22-14(19)8-9-15(20)23-12(3)4;1-10(2)13(17-16(20)11(3)4)9-21-14(18)7-8-15(19)22-12(5)6;1-6-13(17)16-12(10(2)3)9-20-14(18)7-8-15(19)21-11(4)5/h10-11,13-16H,5-9,12H2,1-4H3,(H,20,23);5-11,13-14,16H,12H2,1-4H3,(H,20,23);8-9,11-13H,10H2,1-7H3,(H,18,21);7-8,10-13H,9H2,1-6H3,(H,17,20);7-8,10-12H,6,9H2,1-5H3,(H,16,17)/b2*11-10+;9-8+;2*8-7+/t2*16-;2*13-;12-/m11111/s1. The van der Waals surface area contributed by atoms with Crippen LogP contribution in [0.1, 0.15) is 229 Å². The summed E-state index contributed by atoms with van der Waals surface area (Å²) in [7, 11) is 0. The molecule has 0 bridgehead atoms. The number of carbonyl (C=O) groups is 15. The molecule has 30 heteroatoms. The van der Waals surface area contributed by atoms with Crippen molar-refractivity contribution in [1.82, 2.24) is 26.6 Å². The smallest absolute Gasteiger partial charge is 0.331 e. The highest BCUT2D eigenvalue weighted by Gasteiger charge is 2.29. The van der Waals surface area contributed by atoms with Crippen LogP contribution in [0, 0.1) is 46.8 Å². The van der Waals surface area contributed by atoms with Gasteiger partial charge in [0.1, 0.15) is 33.0 Å². The highest BCUT2D eigenvalue weighted by molar-refractivity contribution is 5.96. The van der Waals surface area contributed by atoms with Crippen molar-refractivity contribution in [3.05, 3.63) is 96.7 Å². The number of benzene rings is 1. The quantitative estimate of drug-likeness (QED) is 0.0232. The lowest BCUT2D eigenvalue weighted by molar-refractivity contribution is -0.143. The van der Waals surface area contributed by atoms with E-state index in [0.29, 0.717) is 12.0 Å². The maximum Gasteiger partial charge on any atom is 0.331 e. The molecule has 5 amide bonds. The first kappa shape index (κ1) is 110. The molecule has 0 spiro atoms. The lowest BCUT2D eigenvalue weighted by Gasteiger charge is -2.26. The van der Waals surface area contributed by atoms with Gasteiger partial charge in [0.25, 0.3) is 5.91 Å². The molecule has 0 saturated heterocycles. The highest BCUT2D eigenvalue weighted by Crippen LogP contribution is 2.24. The van der Waals surface area contributed by atoms with Gasteiger partial charge in [-0.15, -0.1) is 0 Å². The second-order valence-electron chi connectivity index (χ2n) is 31.5. The zero-order valence-electron chi connectivity index (χ0n) is 73.5. The van der Waals surface area contributed by atoms with Crippen molar-refractivity contribution in [3.63, 3.8) is 0 Å². The Morgan fingerprint density at radius 1 is 0.345 bits per heavy atom. The van der Waals surface area contributed by atoms with Crippen LogP contribution in [0.4, 0.5) is 0 Å². The number of carbonyl (C=O) groups excluding carboxylic acids is 15. The molecule has 1 aromatic rings. The van der Waals surface area contributed by atoms with Crippen molar-refractivity contribution in [2.45, 2.75) is 279 Å². The van der Waals surface area contributed by atoms with E-state index in [2.05, 4.69) is 26.6 Å². The molecule has 656 valence electrons. The Hall–Kier alpha value is -10.0. The van der Waals surface area contributed by atoms with E-state index in [-0.39, 0.29) is 165 Å². The molecule has 1 fully saturated rings. The van der Waals surface area contributed by atoms with Crippen molar-refractivity contribution in [3.8, 4) is 0 Å². The van der Waals surface area contributed by atoms with E-state index in [1.54, 1.807) is 114 Å². The lowest BCUT2D eigenvalue weighted by atomic mass is 9.88. The molecule has 0 unspecified atom stereocenters. The number of rotatable bonds is 39. The third-order valence-electron chi connectivity index (χ3n) is 15.8. The predicted octanol–water partition coefficient (Wildman–Crippen LogP) is 10.9. The maximum absolute atomic E-state index is 12.3. The number of hydrogen-bond acceptors (Lipinski definition) is 25. The largest absolute Gasteiger partial charge is 0.460 e. The summed E-state index contributed by atoms with van der Waals surface area (Å²) in [6.45, 7) is 47.5.